The summed E-state index contributed by atoms with van der Waals surface area (Å²) in [5.41, 5.74) is 6.41. The number of nitrogens with one attached hydrogen (secondary N) is 1. The van der Waals surface area contributed by atoms with Gasteiger partial charge in [-0.2, -0.15) is 0 Å². The molecule has 162 valence electrons. The number of benzene rings is 2. The predicted molar refractivity (Wildman–Crippen MR) is 122 cm³/mol. The van der Waals surface area contributed by atoms with E-state index >= 15 is 0 Å². The molecule has 2 N–H and O–H groups in total. The molecule has 1 heterocycles. The van der Waals surface area contributed by atoms with Crippen molar-refractivity contribution in [2.75, 3.05) is 13.7 Å². The maximum absolute atomic E-state index is 11.0. The first-order valence-electron chi connectivity index (χ1n) is 10.3. The molecule has 0 unspecified atom stereocenters. The molecule has 0 aliphatic rings. The average molecular weight is 421 g/mol. The quantitative estimate of drug-likeness (QED) is 0.272. The van der Waals surface area contributed by atoms with Crippen LogP contribution >= 0.6 is 0 Å². The van der Waals surface area contributed by atoms with Crippen LogP contribution in [0.25, 0.3) is 16.5 Å². The predicted octanol–water partition coefficient (Wildman–Crippen LogP) is 5.06. The summed E-state index contributed by atoms with van der Waals surface area (Å²) in [5, 5.41) is 9.58. The molecule has 1 aromatic heterocycles. The van der Waals surface area contributed by atoms with Crippen LogP contribution in [0.15, 0.2) is 55.1 Å². The highest BCUT2D eigenvalue weighted by Crippen LogP contribution is 2.34. The van der Waals surface area contributed by atoms with E-state index in [4.69, 9.17) is 14.7 Å². The number of nitrogens with zero attached hydrogens (tertiary/aromatic N) is 1. The molecule has 2 aromatic carbocycles. The zero-order chi connectivity index (χ0) is 22.2. The highest BCUT2D eigenvalue weighted by atomic mass is 16.5. The number of amides is 1. The number of ether oxygens (including phenoxy) is 2. The van der Waals surface area contributed by atoms with Crippen LogP contribution in [0, 0.1) is 6.92 Å². The van der Waals surface area contributed by atoms with Crippen LogP contribution in [0.5, 0.6) is 11.5 Å². The van der Waals surface area contributed by atoms with Crippen molar-refractivity contribution in [1.29, 1.82) is 0 Å². The molecule has 6 heteroatoms. The number of pyridine rings is 1. The number of fused-ring (bicyclic) bond motifs is 1. The molecule has 3 aromatic rings. The van der Waals surface area contributed by atoms with Crippen molar-refractivity contribution in [3.63, 3.8) is 0 Å². The number of para-hydroxylation sites is 1. The van der Waals surface area contributed by atoms with E-state index in [1.807, 2.05) is 43.3 Å². The lowest BCUT2D eigenvalue weighted by Crippen LogP contribution is -2.17. The van der Waals surface area contributed by atoms with Gasteiger partial charge in [0.25, 0.3) is 0 Å². The molecule has 3 rings (SSSR count). The van der Waals surface area contributed by atoms with Crippen LogP contribution in [0.3, 0.4) is 0 Å². The van der Waals surface area contributed by atoms with Crippen molar-refractivity contribution in [2.24, 2.45) is 0 Å². The van der Waals surface area contributed by atoms with Crippen molar-refractivity contribution in [3.05, 3.63) is 71.9 Å². The number of unbranched alkanes of at least 4 members (excludes halogenated alkanes) is 2. The lowest BCUT2D eigenvalue weighted by molar-refractivity contribution is -0.129. The smallest absolute Gasteiger partial charge is 0.243 e. The van der Waals surface area contributed by atoms with E-state index in [0.29, 0.717) is 30.9 Å². The largest absolute Gasteiger partial charge is 0.493 e. The number of carbonyl (C=O) groups excluding carboxylic acids is 1. The highest BCUT2D eigenvalue weighted by molar-refractivity contribution is 5.95. The normalized spacial score (nSPS) is 10.7. The number of carbonyl (C=O) groups is 1. The summed E-state index contributed by atoms with van der Waals surface area (Å²) in [7, 11) is 1.62. The summed E-state index contributed by atoms with van der Waals surface area (Å²) >= 11 is 0. The highest BCUT2D eigenvalue weighted by Gasteiger charge is 2.12. The van der Waals surface area contributed by atoms with Crippen LogP contribution in [0.1, 0.15) is 42.5 Å². The summed E-state index contributed by atoms with van der Waals surface area (Å²) < 4.78 is 11.4. The first-order valence-corrected chi connectivity index (χ1v) is 10.3. The summed E-state index contributed by atoms with van der Waals surface area (Å²) in [4.78, 5) is 15.7. The van der Waals surface area contributed by atoms with E-state index < -0.39 is 0 Å². The molecule has 0 aliphatic carbocycles. The van der Waals surface area contributed by atoms with Crippen LogP contribution in [0.2, 0.25) is 0 Å². The summed E-state index contributed by atoms with van der Waals surface area (Å²) in [6.07, 6.45) is 2.61. The topological polar surface area (TPSA) is 80.7 Å². The minimum atomic E-state index is -0.368. The molecule has 0 saturated carbocycles. The molecule has 0 spiro atoms. The fourth-order valence-electron chi connectivity index (χ4n) is 3.49. The van der Waals surface area contributed by atoms with E-state index in [-0.39, 0.29) is 5.91 Å². The number of rotatable bonds is 10. The fourth-order valence-corrected chi connectivity index (χ4v) is 3.49. The van der Waals surface area contributed by atoms with Gasteiger partial charge in [-0.15, -0.1) is 0 Å². The van der Waals surface area contributed by atoms with Gasteiger partial charge in [0.15, 0.2) is 11.5 Å². The summed E-state index contributed by atoms with van der Waals surface area (Å²) in [5.74, 6) is 0.948. The molecule has 0 radical (unpaired) electrons. The van der Waals surface area contributed by atoms with Gasteiger partial charge >= 0.3 is 0 Å². The number of aromatic nitrogens is 1. The maximum Gasteiger partial charge on any atom is 0.243 e. The molecule has 6 nitrogen and oxygen atoms in total. The lowest BCUT2D eigenvalue weighted by atomic mass is 9.95. The number of hydrogen-bond acceptors (Lipinski definition) is 5. The molecular weight excluding hydrogens is 392 g/mol. The monoisotopic (exact) mass is 420 g/mol. The van der Waals surface area contributed by atoms with E-state index in [0.717, 1.165) is 46.1 Å². The number of methoxy groups -OCH3 is 1. The second kappa shape index (κ2) is 10.6. The molecule has 0 saturated heterocycles. The van der Waals surface area contributed by atoms with Crippen molar-refractivity contribution >= 4 is 22.4 Å². The van der Waals surface area contributed by atoms with Gasteiger partial charge in [0.05, 0.1) is 19.2 Å². The standard InChI is InChI=1S/C25H28N2O4/c1-17-15-21(20-9-6-7-10-22(20)26-17)18(2)19-12-13-23(30-3)24(16-19)31-14-8-4-5-11-25(28)27-29/h6-7,9-10,12-13,15-16,29H,2,4-5,8,11,14H2,1,3H3,(H,27,28). The molecule has 0 aliphatic heterocycles. The Bertz CT molecular complexity index is 1080. The molecule has 0 atom stereocenters. The Morgan fingerprint density at radius 1 is 1.10 bits per heavy atom. The SMILES string of the molecule is C=C(c1ccc(OC)c(OCCCCCC(=O)NO)c1)c1cc(C)nc2ccccc12. The maximum atomic E-state index is 11.0. The van der Waals surface area contributed by atoms with Crippen LogP contribution < -0.4 is 15.0 Å². The third-order valence-electron chi connectivity index (χ3n) is 5.11. The van der Waals surface area contributed by atoms with E-state index in [1.54, 1.807) is 12.6 Å². The first kappa shape index (κ1) is 22.3. The van der Waals surface area contributed by atoms with Crippen molar-refractivity contribution in [1.82, 2.24) is 10.5 Å². The van der Waals surface area contributed by atoms with Gasteiger partial charge in [-0.05, 0) is 67.2 Å². The Balaban J connectivity index is 1.74. The Kier molecular flexibility index (Phi) is 7.62. The van der Waals surface area contributed by atoms with Gasteiger partial charge in [0.1, 0.15) is 0 Å². The number of aryl methyl sites for hydroxylation is 1. The van der Waals surface area contributed by atoms with Crippen LogP contribution in [-0.2, 0) is 4.79 Å². The molecule has 1 amide bonds. The van der Waals surface area contributed by atoms with Gasteiger partial charge in [-0.3, -0.25) is 15.0 Å². The molecule has 31 heavy (non-hydrogen) atoms. The van der Waals surface area contributed by atoms with Crippen molar-refractivity contribution < 1.29 is 19.5 Å². The Labute approximate surface area is 182 Å². The minimum absolute atomic E-state index is 0.300. The first-order chi connectivity index (χ1) is 15.0. The molecule has 0 fully saturated rings. The van der Waals surface area contributed by atoms with Crippen LogP contribution in [-0.4, -0.2) is 29.8 Å². The van der Waals surface area contributed by atoms with Gasteiger partial charge in [0, 0.05) is 17.5 Å². The summed E-state index contributed by atoms with van der Waals surface area (Å²) in [6, 6.07) is 15.9. The van der Waals surface area contributed by atoms with Crippen molar-refractivity contribution in [2.45, 2.75) is 32.6 Å². The Morgan fingerprint density at radius 3 is 2.68 bits per heavy atom. The fraction of sp³-hybridized carbons (Fsp3) is 0.280. The number of hydroxylamine groups is 1. The Hall–Kier alpha value is -3.38. The minimum Gasteiger partial charge on any atom is -0.493 e. The van der Waals surface area contributed by atoms with Gasteiger partial charge < -0.3 is 9.47 Å². The van der Waals surface area contributed by atoms with Gasteiger partial charge in [0.2, 0.25) is 5.91 Å². The zero-order valence-electron chi connectivity index (χ0n) is 18.0. The van der Waals surface area contributed by atoms with Gasteiger partial charge in [-0.1, -0.05) is 30.8 Å². The van der Waals surface area contributed by atoms with E-state index in [9.17, 15) is 4.79 Å². The van der Waals surface area contributed by atoms with Gasteiger partial charge in [-0.25, -0.2) is 5.48 Å². The van der Waals surface area contributed by atoms with Crippen molar-refractivity contribution in [3.8, 4) is 11.5 Å². The third kappa shape index (κ3) is 5.61. The Morgan fingerprint density at radius 2 is 1.90 bits per heavy atom. The number of hydrogen-bond donors (Lipinski definition) is 2. The zero-order valence-corrected chi connectivity index (χ0v) is 18.0. The third-order valence-corrected chi connectivity index (χ3v) is 5.11. The summed E-state index contributed by atoms with van der Waals surface area (Å²) in [6.45, 7) is 6.83. The van der Waals surface area contributed by atoms with Crippen LogP contribution in [0.4, 0.5) is 0 Å². The van der Waals surface area contributed by atoms with E-state index in [1.165, 1.54) is 0 Å². The average Bonchev–Trinajstić information content (AvgIpc) is 2.79. The van der Waals surface area contributed by atoms with E-state index in [2.05, 4.69) is 23.7 Å². The molecular formula is C25H28N2O4. The lowest BCUT2D eigenvalue weighted by Gasteiger charge is -2.15. The second-order valence-electron chi connectivity index (χ2n) is 7.37. The second-order valence-corrected chi connectivity index (χ2v) is 7.37. The molecule has 0 bridgehead atoms.